The number of hydrogen-bond acceptors (Lipinski definition) is 5. The van der Waals surface area contributed by atoms with Crippen molar-refractivity contribution < 1.29 is 39.9 Å². The standard InChI is InChI=1S/C6H8O8.Al.Ca.5H/c7-2(8)1-6(14,5(12)13)3(9)4(10)11;;;;;;;/h3,9,14H,1H2,(H,7,8)(H,10,11)(H,12,13);;;;;;;. The van der Waals surface area contributed by atoms with E-state index in [0.717, 1.165) is 0 Å². The van der Waals surface area contributed by atoms with E-state index < -0.39 is 36.0 Å². The van der Waals surface area contributed by atoms with Gasteiger partial charge >= 0.3 is 55.6 Å². The Morgan fingerprint density at radius 1 is 1.12 bits per heavy atom. The molecule has 0 fully saturated rings. The van der Waals surface area contributed by atoms with Gasteiger partial charge in [-0.05, 0) is 0 Å². The van der Waals surface area contributed by atoms with Crippen molar-refractivity contribution in [3.8, 4) is 0 Å². The van der Waals surface area contributed by atoms with Gasteiger partial charge in [0.15, 0.2) is 23.5 Å². The summed E-state index contributed by atoms with van der Waals surface area (Å²) < 4.78 is 0. The van der Waals surface area contributed by atoms with Gasteiger partial charge in [0, 0.05) is 0 Å². The molecule has 2 unspecified atom stereocenters. The fourth-order valence-corrected chi connectivity index (χ4v) is 0.724. The SMILES string of the molecule is O=C(O)CC(O)(C(=O)O)C(O)C(=O)O.[AlH3].[CaH2]. The summed E-state index contributed by atoms with van der Waals surface area (Å²) in [5.41, 5.74) is -3.22. The zero-order valence-corrected chi connectivity index (χ0v) is 6.75. The number of rotatable bonds is 5. The molecular formula is C6H13AlCaO8. The summed E-state index contributed by atoms with van der Waals surface area (Å²) in [4.78, 5) is 30.7. The molecule has 0 aliphatic carbocycles. The normalized spacial score (nSPS) is 14.6. The van der Waals surface area contributed by atoms with E-state index in [0.29, 0.717) is 0 Å². The maximum absolute atomic E-state index is 10.4. The van der Waals surface area contributed by atoms with Crippen LogP contribution < -0.4 is 0 Å². The summed E-state index contributed by atoms with van der Waals surface area (Å²) in [6, 6.07) is 0. The Hall–Kier alpha value is 0.122. The molecule has 0 aromatic carbocycles. The van der Waals surface area contributed by atoms with Crippen molar-refractivity contribution in [2.24, 2.45) is 0 Å². The zero-order valence-electron chi connectivity index (χ0n) is 6.75. The van der Waals surface area contributed by atoms with Crippen LogP contribution in [0, 0.1) is 0 Å². The molecular weight excluding hydrogens is 267 g/mol. The Kier molecular flexibility index (Phi) is 11.0. The molecule has 0 bridgehead atoms. The second-order valence-electron chi connectivity index (χ2n) is 2.54. The van der Waals surface area contributed by atoms with Gasteiger partial charge in [0.1, 0.15) is 0 Å². The molecule has 10 heteroatoms. The van der Waals surface area contributed by atoms with Crippen LogP contribution in [-0.2, 0) is 14.4 Å². The molecule has 0 aliphatic heterocycles. The van der Waals surface area contributed by atoms with E-state index in [4.69, 9.17) is 25.5 Å². The van der Waals surface area contributed by atoms with Crippen LogP contribution in [-0.4, -0.2) is 110 Å². The van der Waals surface area contributed by atoms with E-state index in [1.54, 1.807) is 0 Å². The van der Waals surface area contributed by atoms with E-state index >= 15 is 0 Å². The van der Waals surface area contributed by atoms with Gasteiger partial charge in [-0.2, -0.15) is 0 Å². The molecule has 0 heterocycles. The molecule has 0 saturated heterocycles. The Labute approximate surface area is 130 Å². The van der Waals surface area contributed by atoms with E-state index in [9.17, 15) is 14.4 Å². The van der Waals surface area contributed by atoms with Crippen molar-refractivity contribution in [2.75, 3.05) is 0 Å². The van der Waals surface area contributed by atoms with Gasteiger partial charge in [0.2, 0.25) is 5.60 Å². The van der Waals surface area contributed by atoms with Crippen molar-refractivity contribution in [3.63, 3.8) is 0 Å². The molecule has 0 aromatic rings. The van der Waals surface area contributed by atoms with Gasteiger partial charge in [-0.1, -0.05) is 0 Å². The van der Waals surface area contributed by atoms with Crippen molar-refractivity contribution in [1.29, 1.82) is 0 Å². The van der Waals surface area contributed by atoms with Crippen LogP contribution >= 0.6 is 0 Å². The van der Waals surface area contributed by atoms with Crippen LogP contribution in [0.4, 0.5) is 0 Å². The van der Waals surface area contributed by atoms with E-state index in [1.807, 2.05) is 0 Å². The Bertz CT molecular complexity index is 282. The fourth-order valence-electron chi connectivity index (χ4n) is 0.724. The molecule has 0 amide bonds. The molecule has 16 heavy (non-hydrogen) atoms. The predicted octanol–water partition coefficient (Wildman–Crippen LogP) is -4.38. The first-order valence-corrected chi connectivity index (χ1v) is 3.30. The molecule has 0 rings (SSSR count). The molecule has 0 spiro atoms. The average Bonchev–Trinajstić information content (AvgIpc) is 2.00. The third-order valence-electron chi connectivity index (χ3n) is 1.48. The third-order valence-corrected chi connectivity index (χ3v) is 1.48. The van der Waals surface area contributed by atoms with Crippen LogP contribution in [0.3, 0.4) is 0 Å². The first-order valence-electron chi connectivity index (χ1n) is 3.30. The molecule has 0 saturated carbocycles. The molecule has 90 valence electrons. The van der Waals surface area contributed by atoms with Crippen LogP contribution in [0.15, 0.2) is 0 Å². The van der Waals surface area contributed by atoms with Crippen LogP contribution in [0.25, 0.3) is 0 Å². The number of aliphatic carboxylic acids is 3. The van der Waals surface area contributed by atoms with Crippen molar-refractivity contribution in [3.05, 3.63) is 0 Å². The monoisotopic (exact) mass is 280 g/mol. The third kappa shape index (κ3) is 5.45. The van der Waals surface area contributed by atoms with E-state index in [2.05, 4.69) is 0 Å². The number of aliphatic hydroxyl groups excluding tert-OH is 1. The van der Waals surface area contributed by atoms with E-state index in [1.165, 1.54) is 0 Å². The molecule has 5 N–H and O–H groups in total. The number of carboxylic acids is 3. The summed E-state index contributed by atoms with van der Waals surface area (Å²) in [5, 5.41) is 42.6. The molecule has 0 radical (unpaired) electrons. The Balaban J connectivity index is -0.000000845. The minimum atomic E-state index is -3.22. The van der Waals surface area contributed by atoms with Gasteiger partial charge in [0.25, 0.3) is 0 Å². The van der Waals surface area contributed by atoms with Gasteiger partial charge in [-0.3, -0.25) is 4.79 Å². The van der Waals surface area contributed by atoms with Gasteiger partial charge < -0.3 is 25.5 Å². The van der Waals surface area contributed by atoms with Crippen molar-refractivity contribution >= 4 is 73.0 Å². The van der Waals surface area contributed by atoms with Gasteiger partial charge in [0.05, 0.1) is 6.42 Å². The fraction of sp³-hybridized carbons (Fsp3) is 0.500. The maximum atomic E-state index is 10.4. The summed E-state index contributed by atoms with van der Waals surface area (Å²) in [7, 11) is 0. The molecule has 8 nitrogen and oxygen atoms in total. The molecule has 0 aliphatic rings. The number of aliphatic hydroxyl groups is 2. The summed E-state index contributed by atoms with van der Waals surface area (Å²) in [6.45, 7) is 0. The first kappa shape index (κ1) is 21.4. The predicted molar refractivity (Wildman–Crippen MR) is 57.0 cm³/mol. The summed E-state index contributed by atoms with van der Waals surface area (Å²) >= 11 is 0. The van der Waals surface area contributed by atoms with Crippen LogP contribution in [0.5, 0.6) is 0 Å². The van der Waals surface area contributed by atoms with Crippen LogP contribution in [0.2, 0.25) is 0 Å². The minimum absolute atomic E-state index is 0. The molecule has 2 atom stereocenters. The number of carboxylic acid groups (broad SMARTS) is 3. The Morgan fingerprint density at radius 3 is 1.69 bits per heavy atom. The number of carbonyl (C=O) groups is 3. The van der Waals surface area contributed by atoms with Crippen molar-refractivity contribution in [1.82, 2.24) is 0 Å². The second-order valence-corrected chi connectivity index (χ2v) is 2.54. The average molecular weight is 280 g/mol. The second kappa shape index (κ2) is 8.25. The first-order chi connectivity index (χ1) is 6.21. The van der Waals surface area contributed by atoms with Crippen LogP contribution in [0.1, 0.15) is 6.42 Å². The van der Waals surface area contributed by atoms with E-state index in [-0.39, 0.29) is 55.1 Å². The zero-order chi connectivity index (χ0) is 11.5. The quantitative estimate of drug-likeness (QED) is 0.317. The van der Waals surface area contributed by atoms with Gasteiger partial charge in [-0.25, -0.2) is 9.59 Å². The Morgan fingerprint density at radius 2 is 1.50 bits per heavy atom. The topological polar surface area (TPSA) is 152 Å². The molecule has 0 aromatic heterocycles. The van der Waals surface area contributed by atoms with Crippen molar-refractivity contribution in [2.45, 2.75) is 18.1 Å². The van der Waals surface area contributed by atoms with Gasteiger partial charge in [-0.15, -0.1) is 0 Å². The summed E-state index contributed by atoms with van der Waals surface area (Å²) in [5.74, 6) is -5.87. The summed E-state index contributed by atoms with van der Waals surface area (Å²) in [6.07, 6.45) is -4.11. The number of hydrogen-bond donors (Lipinski definition) is 5.